The average Bonchev–Trinajstić information content (AvgIpc) is 3.42. The van der Waals surface area contributed by atoms with E-state index in [1.54, 1.807) is 0 Å². The van der Waals surface area contributed by atoms with Gasteiger partial charge in [-0.15, -0.1) is 0 Å². The van der Waals surface area contributed by atoms with E-state index in [9.17, 15) is 0 Å². The number of benzene rings is 8. The molecule has 0 aliphatic heterocycles. The van der Waals surface area contributed by atoms with E-state index >= 15 is 0 Å². The van der Waals surface area contributed by atoms with Gasteiger partial charge in [-0.1, -0.05) is 122 Å². The third kappa shape index (κ3) is 3.59. The lowest BCUT2D eigenvalue weighted by Gasteiger charge is -2.18. The standard InChI is InChI=1S/C43H31N/c1-3-28-12-14-29(15-13-28)34-22-18-31-19-23-38-39(26-27(2)33-24-25-37(34)42(31)43(33)38)30-16-20-32(21-17-30)44-40-10-6-4-8-35(40)36-9-5-7-11-41(36)44/h4-26H,3H2,1-2H3. The molecule has 0 unspecified atom stereocenters. The molecular weight excluding hydrogens is 530 g/mol. The fraction of sp³-hybridized carbons (Fsp3) is 0.0698. The lowest BCUT2D eigenvalue weighted by molar-refractivity contribution is 1.14. The summed E-state index contributed by atoms with van der Waals surface area (Å²) >= 11 is 0. The van der Waals surface area contributed by atoms with Crippen molar-refractivity contribution in [2.24, 2.45) is 0 Å². The van der Waals surface area contributed by atoms with Gasteiger partial charge in [-0.3, -0.25) is 0 Å². The fourth-order valence-corrected chi connectivity index (χ4v) is 7.47. The zero-order valence-corrected chi connectivity index (χ0v) is 24.9. The van der Waals surface area contributed by atoms with Crippen LogP contribution in [0.4, 0.5) is 0 Å². The van der Waals surface area contributed by atoms with E-state index in [4.69, 9.17) is 0 Å². The van der Waals surface area contributed by atoms with Gasteiger partial charge in [0.05, 0.1) is 11.0 Å². The number of para-hydroxylation sites is 2. The average molecular weight is 562 g/mol. The van der Waals surface area contributed by atoms with Crippen molar-refractivity contribution >= 4 is 54.1 Å². The van der Waals surface area contributed by atoms with Crippen LogP contribution in [0, 0.1) is 6.92 Å². The predicted octanol–water partition coefficient (Wildman–Crippen LogP) is 11.9. The van der Waals surface area contributed by atoms with E-state index in [0.29, 0.717) is 0 Å². The van der Waals surface area contributed by atoms with Crippen molar-refractivity contribution in [3.8, 4) is 27.9 Å². The Balaban J connectivity index is 1.24. The first-order valence-electron chi connectivity index (χ1n) is 15.6. The van der Waals surface area contributed by atoms with Crippen LogP contribution in [0.5, 0.6) is 0 Å². The van der Waals surface area contributed by atoms with Gasteiger partial charge in [0.25, 0.3) is 0 Å². The highest BCUT2D eigenvalue weighted by Crippen LogP contribution is 2.44. The molecule has 0 aliphatic carbocycles. The van der Waals surface area contributed by atoms with Crippen molar-refractivity contribution in [1.82, 2.24) is 4.57 Å². The maximum absolute atomic E-state index is 2.39. The molecular formula is C43H31N. The summed E-state index contributed by atoms with van der Waals surface area (Å²) < 4.78 is 2.39. The summed E-state index contributed by atoms with van der Waals surface area (Å²) in [6.07, 6.45) is 1.06. The topological polar surface area (TPSA) is 4.93 Å². The van der Waals surface area contributed by atoms with Crippen LogP contribution in [0.2, 0.25) is 0 Å². The Morgan fingerprint density at radius 3 is 1.75 bits per heavy atom. The van der Waals surface area contributed by atoms with Crippen molar-refractivity contribution in [3.05, 3.63) is 151 Å². The van der Waals surface area contributed by atoms with Gasteiger partial charge in [0, 0.05) is 16.5 Å². The number of fused-ring (bicyclic) bond motifs is 3. The first kappa shape index (κ1) is 25.1. The van der Waals surface area contributed by atoms with Crippen LogP contribution in [-0.4, -0.2) is 4.57 Å². The first-order chi connectivity index (χ1) is 21.7. The molecule has 8 aromatic carbocycles. The van der Waals surface area contributed by atoms with Crippen LogP contribution < -0.4 is 0 Å². The summed E-state index contributed by atoms with van der Waals surface area (Å²) in [6.45, 7) is 4.47. The molecule has 0 saturated heterocycles. The number of aromatic nitrogens is 1. The number of hydrogen-bond donors (Lipinski definition) is 0. The van der Waals surface area contributed by atoms with Crippen LogP contribution in [-0.2, 0) is 6.42 Å². The van der Waals surface area contributed by atoms with Crippen molar-refractivity contribution in [3.63, 3.8) is 0 Å². The second-order valence-corrected chi connectivity index (χ2v) is 12.1. The molecule has 9 aromatic rings. The summed E-state index contributed by atoms with van der Waals surface area (Å²) in [5.74, 6) is 0. The van der Waals surface area contributed by atoms with E-state index in [1.807, 2.05) is 0 Å². The van der Waals surface area contributed by atoms with Crippen LogP contribution in [0.1, 0.15) is 18.1 Å². The molecule has 0 fully saturated rings. The SMILES string of the molecule is CCc1ccc(-c2ccc3ccc4c(-c5ccc(-n6c7ccccc7c7ccccc76)cc5)cc(C)c5ccc2c3c54)cc1. The summed E-state index contributed by atoms with van der Waals surface area (Å²) in [5, 5.41) is 10.6. The van der Waals surface area contributed by atoms with Gasteiger partial charge in [-0.2, -0.15) is 0 Å². The maximum atomic E-state index is 2.39. The maximum Gasteiger partial charge on any atom is 0.0541 e. The van der Waals surface area contributed by atoms with E-state index in [2.05, 4.69) is 158 Å². The first-order valence-corrected chi connectivity index (χ1v) is 15.6. The Kier molecular flexibility index (Phi) is 5.46. The van der Waals surface area contributed by atoms with Crippen LogP contribution in [0.3, 0.4) is 0 Å². The van der Waals surface area contributed by atoms with Crippen molar-refractivity contribution in [2.75, 3.05) is 0 Å². The molecule has 0 N–H and O–H groups in total. The molecule has 0 bridgehead atoms. The molecule has 1 nitrogen and oxygen atoms in total. The van der Waals surface area contributed by atoms with Gasteiger partial charge in [-0.05, 0) is 103 Å². The third-order valence-corrected chi connectivity index (χ3v) is 9.68. The highest BCUT2D eigenvalue weighted by Gasteiger charge is 2.17. The Morgan fingerprint density at radius 1 is 0.477 bits per heavy atom. The number of aryl methyl sites for hydroxylation is 2. The Hall–Kier alpha value is -5.40. The van der Waals surface area contributed by atoms with Gasteiger partial charge < -0.3 is 4.57 Å². The molecule has 9 rings (SSSR count). The van der Waals surface area contributed by atoms with Crippen LogP contribution in [0.25, 0.3) is 82.1 Å². The van der Waals surface area contributed by atoms with Crippen molar-refractivity contribution < 1.29 is 0 Å². The van der Waals surface area contributed by atoms with Crippen molar-refractivity contribution in [1.29, 1.82) is 0 Å². The van der Waals surface area contributed by atoms with Crippen LogP contribution >= 0.6 is 0 Å². The zero-order chi connectivity index (χ0) is 29.4. The smallest absolute Gasteiger partial charge is 0.0541 e. The van der Waals surface area contributed by atoms with Gasteiger partial charge in [0.1, 0.15) is 0 Å². The molecule has 0 atom stereocenters. The molecule has 44 heavy (non-hydrogen) atoms. The normalized spacial score (nSPS) is 12.0. The summed E-state index contributed by atoms with van der Waals surface area (Å²) in [7, 11) is 0. The quantitative estimate of drug-likeness (QED) is 0.188. The third-order valence-electron chi connectivity index (χ3n) is 9.68. The van der Waals surface area contributed by atoms with Gasteiger partial charge >= 0.3 is 0 Å². The van der Waals surface area contributed by atoms with Crippen LogP contribution in [0.15, 0.2) is 140 Å². The minimum absolute atomic E-state index is 1.06. The molecule has 0 spiro atoms. The number of nitrogens with zero attached hydrogens (tertiary/aromatic N) is 1. The number of hydrogen-bond acceptors (Lipinski definition) is 0. The Morgan fingerprint density at radius 2 is 1.05 bits per heavy atom. The van der Waals surface area contributed by atoms with Crippen molar-refractivity contribution in [2.45, 2.75) is 20.3 Å². The largest absolute Gasteiger partial charge is 0.309 e. The lowest BCUT2D eigenvalue weighted by Crippen LogP contribution is -1.94. The summed E-state index contributed by atoms with van der Waals surface area (Å²) in [4.78, 5) is 0. The Bertz CT molecular complexity index is 2460. The van der Waals surface area contributed by atoms with Gasteiger partial charge in [0.15, 0.2) is 0 Å². The molecule has 0 aliphatic rings. The molecule has 1 heteroatoms. The molecule has 208 valence electrons. The second kappa shape index (κ2) is 9.56. The molecule has 0 saturated carbocycles. The highest BCUT2D eigenvalue weighted by molar-refractivity contribution is 6.28. The molecule has 0 amide bonds. The van der Waals surface area contributed by atoms with Gasteiger partial charge in [0.2, 0.25) is 0 Å². The summed E-state index contributed by atoms with van der Waals surface area (Å²) in [5.41, 5.74) is 11.4. The van der Waals surface area contributed by atoms with Gasteiger partial charge in [-0.25, -0.2) is 0 Å². The summed E-state index contributed by atoms with van der Waals surface area (Å²) in [6, 6.07) is 51.9. The lowest BCUT2D eigenvalue weighted by atomic mass is 9.85. The molecule has 1 aromatic heterocycles. The minimum atomic E-state index is 1.06. The van der Waals surface area contributed by atoms with E-state index in [-0.39, 0.29) is 0 Å². The Labute approximate surface area is 257 Å². The predicted molar refractivity (Wildman–Crippen MR) is 189 cm³/mol. The minimum Gasteiger partial charge on any atom is -0.309 e. The van der Waals surface area contributed by atoms with E-state index in [1.165, 1.54) is 93.2 Å². The zero-order valence-electron chi connectivity index (χ0n) is 24.9. The fourth-order valence-electron chi connectivity index (χ4n) is 7.47. The van der Waals surface area contributed by atoms with E-state index < -0.39 is 0 Å². The van der Waals surface area contributed by atoms with E-state index in [0.717, 1.165) is 6.42 Å². The molecule has 0 radical (unpaired) electrons. The number of rotatable bonds is 4. The molecule has 1 heterocycles. The highest BCUT2D eigenvalue weighted by atomic mass is 15.0. The monoisotopic (exact) mass is 561 g/mol. The second-order valence-electron chi connectivity index (χ2n) is 12.1.